The number of nitrogens with one attached hydrogen (secondary N) is 1. The van der Waals surface area contributed by atoms with Gasteiger partial charge in [0.2, 0.25) is 0 Å². The molecular weight excluding hydrogens is 240 g/mol. The lowest BCUT2D eigenvalue weighted by atomic mass is 9.73. The normalized spacial score (nSPS) is 25.5. The van der Waals surface area contributed by atoms with Crippen molar-refractivity contribution in [1.29, 1.82) is 0 Å². The average Bonchev–Trinajstić information content (AvgIpc) is 2.39. The van der Waals surface area contributed by atoms with Crippen LogP contribution in [-0.2, 0) is 0 Å². The molecule has 0 amide bonds. The van der Waals surface area contributed by atoms with E-state index in [1.165, 1.54) is 69.8 Å². The summed E-state index contributed by atoms with van der Waals surface area (Å²) in [5.74, 6) is 2.68. The van der Waals surface area contributed by atoms with Gasteiger partial charge in [-0.3, -0.25) is 0 Å². The van der Waals surface area contributed by atoms with Crippen LogP contribution in [0, 0.1) is 5.41 Å². The Hall–Kier alpha value is 0.270. The Kier molecular flexibility index (Phi) is 5.84. The van der Waals surface area contributed by atoms with Gasteiger partial charge in [0.15, 0.2) is 0 Å². The van der Waals surface area contributed by atoms with E-state index in [9.17, 15) is 0 Å². The summed E-state index contributed by atoms with van der Waals surface area (Å²) in [6.07, 6.45) is 7.23. The van der Waals surface area contributed by atoms with Gasteiger partial charge in [0.25, 0.3) is 0 Å². The van der Waals surface area contributed by atoms with Gasteiger partial charge in [-0.25, -0.2) is 0 Å². The Bertz CT molecular complexity index is 231. The van der Waals surface area contributed by atoms with Crippen LogP contribution in [0.3, 0.4) is 0 Å². The zero-order valence-electron chi connectivity index (χ0n) is 12.2. The van der Waals surface area contributed by atoms with E-state index in [4.69, 9.17) is 0 Å². The first-order chi connectivity index (χ1) is 8.70. The monoisotopic (exact) mass is 270 g/mol. The maximum absolute atomic E-state index is 3.71. The molecule has 0 aromatic rings. The molecule has 0 aromatic heterocycles. The highest BCUT2D eigenvalue weighted by molar-refractivity contribution is 7.99. The highest BCUT2D eigenvalue weighted by Crippen LogP contribution is 2.37. The fraction of sp³-hybridized carbons (Fsp3) is 1.00. The van der Waals surface area contributed by atoms with E-state index < -0.39 is 0 Å². The van der Waals surface area contributed by atoms with Gasteiger partial charge >= 0.3 is 0 Å². The first kappa shape index (κ1) is 14.7. The summed E-state index contributed by atoms with van der Waals surface area (Å²) >= 11 is 2.12. The van der Waals surface area contributed by atoms with Crippen molar-refractivity contribution in [3.05, 3.63) is 0 Å². The van der Waals surface area contributed by atoms with E-state index in [0.717, 1.165) is 0 Å². The third kappa shape index (κ3) is 4.43. The van der Waals surface area contributed by atoms with Crippen molar-refractivity contribution in [2.24, 2.45) is 5.41 Å². The van der Waals surface area contributed by atoms with E-state index in [-0.39, 0.29) is 0 Å². The number of rotatable bonds is 5. The molecule has 1 saturated carbocycles. The first-order valence-electron chi connectivity index (χ1n) is 7.74. The van der Waals surface area contributed by atoms with Gasteiger partial charge in [0.1, 0.15) is 0 Å². The minimum atomic E-state index is 0.574. The molecule has 0 bridgehead atoms. The Morgan fingerprint density at radius 3 is 2.39 bits per heavy atom. The smallest absolute Gasteiger partial charge is 0.00729 e. The van der Waals surface area contributed by atoms with Crippen LogP contribution in [0.25, 0.3) is 0 Å². The van der Waals surface area contributed by atoms with Gasteiger partial charge in [0.05, 0.1) is 0 Å². The third-order valence-corrected chi connectivity index (χ3v) is 5.40. The van der Waals surface area contributed by atoms with Crippen molar-refractivity contribution in [1.82, 2.24) is 10.2 Å². The molecule has 0 spiro atoms. The second-order valence-electron chi connectivity index (χ2n) is 6.48. The molecular formula is C15H30N2S. The first-order valence-corrected chi connectivity index (χ1v) is 8.89. The highest BCUT2D eigenvalue weighted by Gasteiger charge is 2.34. The summed E-state index contributed by atoms with van der Waals surface area (Å²) < 4.78 is 0. The van der Waals surface area contributed by atoms with Crippen molar-refractivity contribution >= 4 is 11.8 Å². The summed E-state index contributed by atoms with van der Waals surface area (Å²) in [5.41, 5.74) is 0.574. The molecule has 1 aliphatic heterocycles. The number of thioether (sulfide) groups is 1. The van der Waals surface area contributed by atoms with Gasteiger partial charge in [-0.05, 0) is 18.3 Å². The Morgan fingerprint density at radius 1 is 1.11 bits per heavy atom. The summed E-state index contributed by atoms with van der Waals surface area (Å²) in [4.78, 5) is 2.73. The number of hydrogen-bond acceptors (Lipinski definition) is 3. The van der Waals surface area contributed by atoms with E-state index in [0.29, 0.717) is 11.5 Å². The molecule has 0 atom stereocenters. The second kappa shape index (κ2) is 7.16. The molecule has 18 heavy (non-hydrogen) atoms. The van der Waals surface area contributed by atoms with E-state index in [2.05, 4.69) is 35.8 Å². The molecule has 3 heteroatoms. The summed E-state index contributed by atoms with van der Waals surface area (Å²) in [6.45, 7) is 9.74. The topological polar surface area (TPSA) is 15.3 Å². The molecule has 0 aromatic carbocycles. The van der Waals surface area contributed by atoms with Crippen LogP contribution in [0.2, 0.25) is 0 Å². The van der Waals surface area contributed by atoms with Gasteiger partial charge in [-0.1, -0.05) is 33.1 Å². The SMILES string of the molecule is CC(C)NCC1(CN2CCSCC2)CCCCC1. The minimum Gasteiger partial charge on any atom is -0.314 e. The fourth-order valence-corrected chi connectivity index (χ4v) is 4.33. The molecule has 2 aliphatic rings. The molecule has 2 fully saturated rings. The molecule has 0 radical (unpaired) electrons. The van der Waals surface area contributed by atoms with Crippen molar-refractivity contribution in [2.45, 2.75) is 52.0 Å². The van der Waals surface area contributed by atoms with Gasteiger partial charge in [0, 0.05) is 43.7 Å². The van der Waals surface area contributed by atoms with Crippen LogP contribution in [0.5, 0.6) is 0 Å². The summed E-state index contributed by atoms with van der Waals surface area (Å²) in [5, 5.41) is 3.71. The summed E-state index contributed by atoms with van der Waals surface area (Å²) in [6, 6.07) is 0.626. The van der Waals surface area contributed by atoms with Crippen molar-refractivity contribution in [3.8, 4) is 0 Å². The lowest BCUT2D eigenvalue weighted by molar-refractivity contribution is 0.106. The number of hydrogen-bond donors (Lipinski definition) is 1. The van der Waals surface area contributed by atoms with Crippen LogP contribution in [-0.4, -0.2) is 48.6 Å². The molecule has 106 valence electrons. The minimum absolute atomic E-state index is 0.574. The highest BCUT2D eigenvalue weighted by atomic mass is 32.2. The third-order valence-electron chi connectivity index (χ3n) is 4.46. The lowest BCUT2D eigenvalue weighted by Crippen LogP contribution is -2.48. The van der Waals surface area contributed by atoms with Crippen LogP contribution < -0.4 is 5.32 Å². The van der Waals surface area contributed by atoms with E-state index >= 15 is 0 Å². The molecule has 1 aliphatic carbocycles. The lowest BCUT2D eigenvalue weighted by Gasteiger charge is -2.43. The molecule has 0 unspecified atom stereocenters. The number of nitrogens with zero attached hydrogens (tertiary/aromatic N) is 1. The molecule has 1 heterocycles. The van der Waals surface area contributed by atoms with Gasteiger partial charge in [-0.2, -0.15) is 11.8 Å². The fourth-order valence-electron chi connectivity index (χ4n) is 3.35. The summed E-state index contributed by atoms with van der Waals surface area (Å²) in [7, 11) is 0. The van der Waals surface area contributed by atoms with Crippen LogP contribution in [0.1, 0.15) is 46.0 Å². The zero-order valence-corrected chi connectivity index (χ0v) is 13.0. The quantitative estimate of drug-likeness (QED) is 0.827. The molecule has 1 N–H and O–H groups in total. The van der Waals surface area contributed by atoms with Crippen LogP contribution in [0.15, 0.2) is 0 Å². The van der Waals surface area contributed by atoms with Crippen molar-refractivity contribution < 1.29 is 0 Å². The van der Waals surface area contributed by atoms with E-state index in [1.54, 1.807) is 0 Å². The predicted octanol–water partition coefficient (Wildman–Crippen LogP) is 2.98. The van der Waals surface area contributed by atoms with E-state index in [1.807, 2.05) is 0 Å². The standard InChI is InChI=1S/C15H30N2S/c1-14(2)16-12-15(6-4-3-5-7-15)13-17-8-10-18-11-9-17/h14,16H,3-13H2,1-2H3. The van der Waals surface area contributed by atoms with Crippen molar-refractivity contribution in [3.63, 3.8) is 0 Å². The van der Waals surface area contributed by atoms with Crippen molar-refractivity contribution in [2.75, 3.05) is 37.7 Å². The second-order valence-corrected chi connectivity index (χ2v) is 7.71. The van der Waals surface area contributed by atoms with Crippen LogP contribution in [0.4, 0.5) is 0 Å². The van der Waals surface area contributed by atoms with Gasteiger partial charge < -0.3 is 10.2 Å². The largest absolute Gasteiger partial charge is 0.314 e. The maximum Gasteiger partial charge on any atom is 0.00729 e. The molecule has 1 saturated heterocycles. The average molecular weight is 270 g/mol. The van der Waals surface area contributed by atoms with Crippen LogP contribution >= 0.6 is 11.8 Å². The predicted molar refractivity (Wildman–Crippen MR) is 82.4 cm³/mol. The Balaban J connectivity index is 1.90. The Labute approximate surface area is 117 Å². The maximum atomic E-state index is 3.71. The Morgan fingerprint density at radius 2 is 1.78 bits per heavy atom. The molecule has 2 nitrogen and oxygen atoms in total. The zero-order chi connectivity index (χ0) is 12.8. The van der Waals surface area contributed by atoms with Gasteiger partial charge in [-0.15, -0.1) is 0 Å². The molecule has 2 rings (SSSR count).